The van der Waals surface area contributed by atoms with Gasteiger partial charge >= 0.3 is 0 Å². The van der Waals surface area contributed by atoms with Gasteiger partial charge in [-0.05, 0) is 44.0 Å². The Morgan fingerprint density at radius 1 is 1.15 bits per heavy atom. The van der Waals surface area contributed by atoms with Crippen molar-refractivity contribution in [2.24, 2.45) is 0 Å². The zero-order valence-electron chi connectivity index (χ0n) is 12.3. The van der Waals surface area contributed by atoms with Crippen molar-refractivity contribution < 1.29 is 4.74 Å². The molecule has 3 heteroatoms. The molecule has 0 saturated heterocycles. The minimum atomic E-state index is 0.115. The molecule has 0 saturated carbocycles. The minimum Gasteiger partial charge on any atom is -0.489 e. The molecule has 0 spiro atoms. The molecular formula is C17H22N2O. The summed E-state index contributed by atoms with van der Waals surface area (Å²) in [5.74, 6) is 0.731. The number of nitrogens with one attached hydrogen (secondary N) is 1. The standard InChI is InChI=1S/C17H22N2O/c1-12(2)20-17-10-15(8-9-16(17)18)19-11-14-7-5-4-6-13(14)3/h4-10,12,19H,11,18H2,1-3H3. The lowest BCUT2D eigenvalue weighted by Gasteiger charge is -2.14. The van der Waals surface area contributed by atoms with Crippen LogP contribution in [0.2, 0.25) is 0 Å². The summed E-state index contributed by atoms with van der Waals surface area (Å²) in [6, 6.07) is 14.2. The Kier molecular flexibility index (Phi) is 4.51. The molecule has 0 aliphatic heterocycles. The third kappa shape index (κ3) is 3.67. The number of benzene rings is 2. The van der Waals surface area contributed by atoms with Gasteiger partial charge in [0.25, 0.3) is 0 Å². The van der Waals surface area contributed by atoms with Crippen LogP contribution in [0.25, 0.3) is 0 Å². The average molecular weight is 270 g/mol. The Morgan fingerprint density at radius 3 is 2.60 bits per heavy atom. The highest BCUT2D eigenvalue weighted by atomic mass is 16.5. The van der Waals surface area contributed by atoms with E-state index in [9.17, 15) is 0 Å². The van der Waals surface area contributed by atoms with Gasteiger partial charge in [-0.15, -0.1) is 0 Å². The number of hydrogen-bond donors (Lipinski definition) is 2. The second kappa shape index (κ2) is 6.33. The maximum atomic E-state index is 5.92. The smallest absolute Gasteiger partial charge is 0.144 e. The van der Waals surface area contributed by atoms with E-state index in [0.29, 0.717) is 5.69 Å². The van der Waals surface area contributed by atoms with E-state index in [0.717, 1.165) is 18.0 Å². The third-order valence-corrected chi connectivity index (χ3v) is 3.12. The molecule has 0 aliphatic carbocycles. The van der Waals surface area contributed by atoms with Crippen LogP contribution in [-0.2, 0) is 6.54 Å². The van der Waals surface area contributed by atoms with Crippen molar-refractivity contribution in [1.82, 2.24) is 0 Å². The van der Waals surface area contributed by atoms with E-state index in [2.05, 4.69) is 36.5 Å². The van der Waals surface area contributed by atoms with Crippen LogP contribution in [0.15, 0.2) is 42.5 Å². The summed E-state index contributed by atoms with van der Waals surface area (Å²) in [7, 11) is 0. The molecule has 0 amide bonds. The predicted molar refractivity (Wildman–Crippen MR) is 85.1 cm³/mol. The summed E-state index contributed by atoms with van der Waals surface area (Å²) in [6.07, 6.45) is 0.115. The number of ether oxygens (including phenoxy) is 1. The van der Waals surface area contributed by atoms with Crippen molar-refractivity contribution >= 4 is 11.4 Å². The molecule has 2 aromatic rings. The summed E-state index contributed by atoms with van der Waals surface area (Å²) in [5.41, 5.74) is 10.2. The number of anilines is 2. The second-order valence-corrected chi connectivity index (χ2v) is 5.20. The molecule has 3 N–H and O–H groups in total. The molecule has 0 bridgehead atoms. The van der Waals surface area contributed by atoms with E-state index in [1.54, 1.807) is 0 Å². The molecule has 0 aromatic heterocycles. The number of rotatable bonds is 5. The normalized spacial score (nSPS) is 10.6. The predicted octanol–water partition coefficient (Wildman–Crippen LogP) is 3.98. The fourth-order valence-electron chi connectivity index (χ4n) is 2.01. The van der Waals surface area contributed by atoms with Gasteiger partial charge in [-0.25, -0.2) is 0 Å². The third-order valence-electron chi connectivity index (χ3n) is 3.12. The maximum Gasteiger partial charge on any atom is 0.144 e. The zero-order chi connectivity index (χ0) is 14.5. The highest BCUT2D eigenvalue weighted by Crippen LogP contribution is 2.26. The van der Waals surface area contributed by atoms with Crippen LogP contribution in [0.5, 0.6) is 5.75 Å². The summed E-state index contributed by atoms with van der Waals surface area (Å²) >= 11 is 0. The number of nitrogen functional groups attached to an aromatic ring is 1. The fourth-order valence-corrected chi connectivity index (χ4v) is 2.01. The monoisotopic (exact) mass is 270 g/mol. The summed E-state index contributed by atoms with van der Waals surface area (Å²) < 4.78 is 5.70. The highest BCUT2D eigenvalue weighted by Gasteiger charge is 2.05. The first-order valence-electron chi connectivity index (χ1n) is 6.91. The van der Waals surface area contributed by atoms with Gasteiger partial charge in [0, 0.05) is 18.3 Å². The van der Waals surface area contributed by atoms with E-state index in [1.165, 1.54) is 11.1 Å². The van der Waals surface area contributed by atoms with Crippen LogP contribution in [0.1, 0.15) is 25.0 Å². The largest absolute Gasteiger partial charge is 0.489 e. The number of hydrogen-bond acceptors (Lipinski definition) is 3. The van der Waals surface area contributed by atoms with Gasteiger partial charge in [0.05, 0.1) is 11.8 Å². The molecule has 0 fully saturated rings. The van der Waals surface area contributed by atoms with Crippen molar-refractivity contribution in [1.29, 1.82) is 0 Å². The first kappa shape index (κ1) is 14.3. The van der Waals surface area contributed by atoms with E-state index in [1.807, 2.05) is 32.0 Å². The van der Waals surface area contributed by atoms with Gasteiger partial charge in [-0.2, -0.15) is 0 Å². The quantitative estimate of drug-likeness (QED) is 0.808. The van der Waals surface area contributed by atoms with Crippen molar-refractivity contribution in [2.45, 2.75) is 33.4 Å². The van der Waals surface area contributed by atoms with Gasteiger partial charge in [0.1, 0.15) is 5.75 Å². The van der Waals surface area contributed by atoms with Crippen LogP contribution in [0.3, 0.4) is 0 Å². The van der Waals surface area contributed by atoms with Crippen molar-refractivity contribution in [3.63, 3.8) is 0 Å². The van der Waals surface area contributed by atoms with Crippen LogP contribution in [0, 0.1) is 6.92 Å². The molecule has 0 aliphatic rings. The second-order valence-electron chi connectivity index (χ2n) is 5.20. The number of aryl methyl sites for hydroxylation is 1. The fraction of sp³-hybridized carbons (Fsp3) is 0.294. The Morgan fingerprint density at radius 2 is 1.90 bits per heavy atom. The molecule has 3 nitrogen and oxygen atoms in total. The summed E-state index contributed by atoms with van der Waals surface area (Å²) in [6.45, 7) is 6.89. The highest BCUT2D eigenvalue weighted by molar-refractivity contribution is 5.61. The molecule has 2 aromatic carbocycles. The molecule has 0 radical (unpaired) electrons. The van der Waals surface area contributed by atoms with Crippen LogP contribution in [0.4, 0.5) is 11.4 Å². The molecular weight excluding hydrogens is 248 g/mol. The SMILES string of the molecule is Cc1ccccc1CNc1ccc(N)c(OC(C)C)c1. The van der Waals surface area contributed by atoms with Gasteiger partial charge < -0.3 is 15.8 Å². The van der Waals surface area contributed by atoms with Gasteiger partial charge in [0.2, 0.25) is 0 Å². The molecule has 0 unspecified atom stereocenters. The molecule has 0 heterocycles. The molecule has 2 rings (SSSR count). The molecule has 106 valence electrons. The van der Waals surface area contributed by atoms with Gasteiger partial charge in [-0.1, -0.05) is 24.3 Å². The first-order chi connectivity index (χ1) is 9.56. The maximum absolute atomic E-state index is 5.92. The lowest BCUT2D eigenvalue weighted by molar-refractivity contribution is 0.244. The van der Waals surface area contributed by atoms with Gasteiger partial charge in [0.15, 0.2) is 0 Å². The average Bonchev–Trinajstić information content (AvgIpc) is 2.40. The molecule has 0 atom stereocenters. The van der Waals surface area contributed by atoms with Crippen molar-refractivity contribution in [3.05, 3.63) is 53.6 Å². The first-order valence-corrected chi connectivity index (χ1v) is 6.91. The lowest BCUT2D eigenvalue weighted by Crippen LogP contribution is -2.08. The van der Waals surface area contributed by atoms with Crippen LogP contribution < -0.4 is 15.8 Å². The van der Waals surface area contributed by atoms with Crippen LogP contribution >= 0.6 is 0 Å². The minimum absolute atomic E-state index is 0.115. The zero-order valence-corrected chi connectivity index (χ0v) is 12.3. The Hall–Kier alpha value is -2.16. The van der Waals surface area contributed by atoms with E-state index in [-0.39, 0.29) is 6.10 Å². The van der Waals surface area contributed by atoms with Crippen LogP contribution in [-0.4, -0.2) is 6.10 Å². The Bertz CT molecular complexity index is 579. The van der Waals surface area contributed by atoms with Gasteiger partial charge in [-0.3, -0.25) is 0 Å². The van der Waals surface area contributed by atoms with E-state index >= 15 is 0 Å². The number of nitrogens with two attached hydrogens (primary N) is 1. The van der Waals surface area contributed by atoms with E-state index < -0.39 is 0 Å². The summed E-state index contributed by atoms with van der Waals surface area (Å²) in [5, 5.41) is 3.41. The Labute approximate surface area is 120 Å². The molecule has 20 heavy (non-hydrogen) atoms. The summed E-state index contributed by atoms with van der Waals surface area (Å²) in [4.78, 5) is 0. The van der Waals surface area contributed by atoms with E-state index in [4.69, 9.17) is 10.5 Å². The lowest BCUT2D eigenvalue weighted by atomic mass is 10.1. The Balaban J connectivity index is 2.08. The van der Waals surface area contributed by atoms with Crippen molar-refractivity contribution in [3.8, 4) is 5.75 Å². The topological polar surface area (TPSA) is 47.3 Å². The van der Waals surface area contributed by atoms with Crippen molar-refractivity contribution in [2.75, 3.05) is 11.1 Å².